The fraction of sp³-hybridized carbons (Fsp3) is 0.500. The molecule has 40 valence electrons. The number of rotatable bonds is 0. The lowest BCUT2D eigenvalue weighted by molar-refractivity contribution is 0.659. The Hall–Kier alpha value is 0.230. The molecule has 1 heterocycles. The van der Waals surface area contributed by atoms with Gasteiger partial charge in [-0.3, -0.25) is 9.35 Å². The molecule has 0 atom stereocenters. The van der Waals surface area contributed by atoms with Crippen LogP contribution >= 0.6 is 32.1 Å². The summed E-state index contributed by atoms with van der Waals surface area (Å²) in [5.41, 5.74) is 2.74. The van der Waals surface area contributed by atoms with Gasteiger partial charge in [0.25, 0.3) is 0 Å². The number of halogens is 2. The van der Waals surface area contributed by atoms with Gasteiger partial charge in [0.15, 0.2) is 0 Å². The summed E-state index contributed by atoms with van der Waals surface area (Å²) in [7, 11) is 0. The van der Waals surface area contributed by atoms with E-state index in [-0.39, 0.29) is 0 Å². The average Bonchev–Trinajstić information content (AvgIpc) is 1.91. The normalized spacial score (nSPS) is 19.1. The molecular weight excluding hydrogens is 226 g/mol. The van der Waals surface area contributed by atoms with Gasteiger partial charge in [-0.1, -0.05) is 0 Å². The Labute approximate surface area is 58.2 Å². The molecule has 0 fully saturated rings. The lowest BCUT2D eigenvalue weighted by atomic mass is 11.1. The third-order valence-electron chi connectivity index (χ3n) is 0.581. The van der Waals surface area contributed by atoms with Crippen molar-refractivity contribution in [3.8, 4) is 0 Å². The van der Waals surface area contributed by atoms with Crippen LogP contribution in [-0.4, -0.2) is 15.3 Å². The zero-order valence-electron chi connectivity index (χ0n) is 3.36. The molecule has 0 aromatic carbocycles. The van der Waals surface area contributed by atoms with Gasteiger partial charge in [0.05, 0.1) is 16.1 Å². The molecule has 0 radical (unpaired) electrons. The minimum Gasteiger partial charge on any atom is -0.287 e. The molecule has 0 spiro atoms. The van der Waals surface area contributed by atoms with Crippen molar-refractivity contribution in [1.82, 2.24) is 9.35 Å². The molecule has 1 rings (SSSR count). The molecule has 1 aliphatic rings. The molecular formula is C2H3Br2N3. The number of hydrogen-bond donors (Lipinski definition) is 1. The minimum absolute atomic E-state index is 0.723. The first-order valence-electron chi connectivity index (χ1n) is 1.70. The second-order valence-corrected chi connectivity index (χ2v) is 2.62. The van der Waals surface area contributed by atoms with E-state index in [9.17, 15) is 0 Å². The summed E-state index contributed by atoms with van der Waals surface area (Å²) in [5, 5.41) is 3.78. The van der Waals surface area contributed by atoms with Crippen LogP contribution in [0.5, 0.6) is 0 Å². The van der Waals surface area contributed by atoms with Crippen molar-refractivity contribution in [2.24, 2.45) is 5.10 Å². The molecule has 1 N–H and O–H groups in total. The van der Waals surface area contributed by atoms with Crippen LogP contribution in [0.1, 0.15) is 0 Å². The lowest BCUT2D eigenvalue weighted by Gasteiger charge is -2.00. The predicted octanol–water partition coefficient (Wildman–Crippen LogP) is 0.825. The van der Waals surface area contributed by atoms with E-state index in [2.05, 4.69) is 42.6 Å². The molecule has 0 unspecified atom stereocenters. The van der Waals surface area contributed by atoms with Crippen molar-refractivity contribution in [3.05, 3.63) is 0 Å². The van der Waals surface area contributed by atoms with Gasteiger partial charge in [0.1, 0.15) is 6.67 Å². The van der Waals surface area contributed by atoms with Crippen LogP contribution in [0.2, 0.25) is 0 Å². The van der Waals surface area contributed by atoms with Gasteiger partial charge in [-0.25, -0.2) is 0 Å². The van der Waals surface area contributed by atoms with Crippen LogP contribution in [0.15, 0.2) is 5.10 Å². The molecule has 0 aromatic heterocycles. The largest absolute Gasteiger partial charge is 0.287 e. The second-order valence-electron chi connectivity index (χ2n) is 1.06. The Morgan fingerprint density at radius 1 is 1.86 bits per heavy atom. The summed E-state index contributed by atoms with van der Waals surface area (Å²) in [6, 6.07) is 0. The number of nitrogens with zero attached hydrogens (tertiary/aromatic N) is 2. The molecule has 0 aromatic rings. The van der Waals surface area contributed by atoms with Crippen LogP contribution in [-0.2, 0) is 0 Å². The van der Waals surface area contributed by atoms with Gasteiger partial charge in [-0.05, 0) is 15.9 Å². The van der Waals surface area contributed by atoms with E-state index < -0.39 is 0 Å². The first-order chi connectivity index (χ1) is 3.30. The quantitative estimate of drug-likeness (QED) is 0.491. The van der Waals surface area contributed by atoms with E-state index in [1.165, 1.54) is 0 Å². The van der Waals surface area contributed by atoms with Crippen LogP contribution < -0.4 is 5.43 Å². The monoisotopic (exact) mass is 227 g/mol. The molecule has 5 heteroatoms. The van der Waals surface area contributed by atoms with E-state index in [0.29, 0.717) is 0 Å². The summed E-state index contributed by atoms with van der Waals surface area (Å²) >= 11 is 6.37. The SMILES string of the molecule is BrC1=NNCN1Br. The Bertz CT molecular complexity index is 101. The molecule has 0 amide bonds. The van der Waals surface area contributed by atoms with E-state index in [4.69, 9.17) is 0 Å². The maximum Gasteiger partial charge on any atom is 0.203 e. The smallest absolute Gasteiger partial charge is 0.203 e. The van der Waals surface area contributed by atoms with Crippen molar-refractivity contribution < 1.29 is 0 Å². The van der Waals surface area contributed by atoms with Gasteiger partial charge in [-0.15, -0.1) is 0 Å². The van der Waals surface area contributed by atoms with Gasteiger partial charge >= 0.3 is 0 Å². The van der Waals surface area contributed by atoms with Gasteiger partial charge in [0, 0.05) is 0 Å². The van der Waals surface area contributed by atoms with Crippen LogP contribution in [0.25, 0.3) is 0 Å². The maximum atomic E-state index is 3.78. The molecule has 0 saturated heterocycles. The number of hydrazone groups is 1. The number of amidine groups is 1. The third-order valence-corrected chi connectivity index (χ3v) is 2.25. The zero-order valence-corrected chi connectivity index (χ0v) is 6.53. The molecule has 0 aliphatic carbocycles. The van der Waals surface area contributed by atoms with Crippen LogP contribution in [0, 0.1) is 0 Å². The van der Waals surface area contributed by atoms with Gasteiger partial charge in [0.2, 0.25) is 4.74 Å². The second kappa shape index (κ2) is 2.00. The summed E-state index contributed by atoms with van der Waals surface area (Å²) in [5.74, 6) is 0. The highest BCUT2D eigenvalue weighted by atomic mass is 79.9. The molecule has 7 heavy (non-hydrogen) atoms. The van der Waals surface area contributed by atoms with Crippen LogP contribution in [0.4, 0.5) is 0 Å². The fourth-order valence-corrected chi connectivity index (χ4v) is 0.724. The van der Waals surface area contributed by atoms with Crippen molar-refractivity contribution in [2.45, 2.75) is 0 Å². The highest BCUT2D eigenvalue weighted by molar-refractivity contribution is 9.19. The summed E-state index contributed by atoms with van der Waals surface area (Å²) in [6.07, 6.45) is 0. The Morgan fingerprint density at radius 2 is 2.57 bits per heavy atom. The van der Waals surface area contributed by atoms with E-state index >= 15 is 0 Å². The third kappa shape index (κ3) is 1.07. The van der Waals surface area contributed by atoms with Crippen molar-refractivity contribution in [1.29, 1.82) is 0 Å². The van der Waals surface area contributed by atoms with E-state index in [0.717, 1.165) is 11.4 Å². The lowest BCUT2D eigenvalue weighted by Crippen LogP contribution is -2.13. The summed E-state index contributed by atoms with van der Waals surface area (Å²) < 4.78 is 2.56. The maximum absolute atomic E-state index is 3.78. The standard InChI is InChI=1S/C2H3Br2N3/c3-2-6-5-1-7(2)4/h5H,1H2. The topological polar surface area (TPSA) is 27.6 Å². The van der Waals surface area contributed by atoms with Crippen molar-refractivity contribution in [2.75, 3.05) is 6.67 Å². The van der Waals surface area contributed by atoms with E-state index in [1.807, 2.05) is 0 Å². The Kier molecular flexibility index (Phi) is 1.53. The first-order valence-corrected chi connectivity index (χ1v) is 3.20. The predicted molar refractivity (Wildman–Crippen MR) is 35.1 cm³/mol. The molecule has 0 bridgehead atoms. The van der Waals surface area contributed by atoms with Gasteiger partial charge < -0.3 is 0 Å². The van der Waals surface area contributed by atoms with Gasteiger partial charge in [-0.2, -0.15) is 5.10 Å². The molecule has 0 saturated carbocycles. The number of hydrogen-bond acceptors (Lipinski definition) is 3. The molecule has 1 aliphatic heterocycles. The fourth-order valence-electron chi connectivity index (χ4n) is 0.282. The average molecular weight is 229 g/mol. The highest BCUT2D eigenvalue weighted by Crippen LogP contribution is 2.07. The number of nitrogens with one attached hydrogen (secondary N) is 1. The van der Waals surface area contributed by atoms with Crippen molar-refractivity contribution >= 4 is 36.8 Å². The first kappa shape index (κ1) is 5.37. The highest BCUT2D eigenvalue weighted by Gasteiger charge is 2.08. The zero-order chi connectivity index (χ0) is 5.28. The Balaban J connectivity index is 2.54. The summed E-state index contributed by atoms with van der Waals surface area (Å²) in [4.78, 5) is 0. The molecule has 3 nitrogen and oxygen atoms in total. The minimum atomic E-state index is 0.723. The Morgan fingerprint density at radius 3 is 2.71 bits per heavy atom. The van der Waals surface area contributed by atoms with Crippen LogP contribution in [0.3, 0.4) is 0 Å². The van der Waals surface area contributed by atoms with E-state index in [1.54, 1.807) is 3.93 Å². The van der Waals surface area contributed by atoms with Crippen molar-refractivity contribution in [3.63, 3.8) is 0 Å². The summed E-state index contributed by atoms with van der Waals surface area (Å²) in [6.45, 7) is 0.723.